The first-order valence-electron chi connectivity index (χ1n) is 9.57. The van der Waals surface area contributed by atoms with Gasteiger partial charge in [0, 0.05) is 48.6 Å². The van der Waals surface area contributed by atoms with Gasteiger partial charge in [0.25, 0.3) is 0 Å². The molecule has 2 atom stereocenters. The minimum atomic E-state index is 0.275. The van der Waals surface area contributed by atoms with Crippen LogP contribution in [0.5, 0.6) is 5.75 Å². The highest BCUT2D eigenvalue weighted by atomic mass is 16.5. The summed E-state index contributed by atoms with van der Waals surface area (Å²) in [4.78, 5) is 4.64. The average molecular weight is 366 g/mol. The van der Waals surface area contributed by atoms with Gasteiger partial charge in [-0.3, -0.25) is 4.68 Å². The minimum Gasteiger partial charge on any atom is -0.496 e. The molecule has 1 aliphatic rings. The van der Waals surface area contributed by atoms with E-state index >= 15 is 0 Å². The molecule has 1 fully saturated rings. The maximum atomic E-state index is 9.56. The fourth-order valence-corrected chi connectivity index (χ4v) is 4.12. The van der Waals surface area contributed by atoms with Gasteiger partial charge in [0.2, 0.25) is 0 Å². The molecule has 0 amide bonds. The third-order valence-electron chi connectivity index (χ3n) is 5.51. The Morgan fingerprint density at radius 1 is 1.22 bits per heavy atom. The summed E-state index contributed by atoms with van der Waals surface area (Å²) >= 11 is 0. The number of aromatic nitrogens is 4. The number of aliphatic hydroxyl groups excluding tert-OH is 1. The van der Waals surface area contributed by atoms with E-state index in [0.717, 1.165) is 48.4 Å². The van der Waals surface area contributed by atoms with Crippen LogP contribution in [-0.4, -0.2) is 38.2 Å². The summed E-state index contributed by atoms with van der Waals surface area (Å²) in [6, 6.07) is 8.53. The molecule has 4 rings (SSSR count). The maximum absolute atomic E-state index is 9.56. The molecule has 1 N–H and O–H groups in total. The van der Waals surface area contributed by atoms with E-state index in [2.05, 4.69) is 33.0 Å². The lowest BCUT2D eigenvalue weighted by molar-refractivity contribution is 0.163. The molecule has 0 radical (unpaired) electrons. The molecule has 2 heterocycles. The Morgan fingerprint density at radius 2 is 2.15 bits per heavy atom. The summed E-state index contributed by atoms with van der Waals surface area (Å²) in [5.74, 6) is 2.22. The molecule has 2 aromatic heterocycles. The highest BCUT2D eigenvalue weighted by molar-refractivity contribution is 5.59. The van der Waals surface area contributed by atoms with Gasteiger partial charge in [-0.15, -0.1) is 0 Å². The molecule has 0 saturated heterocycles. The summed E-state index contributed by atoms with van der Waals surface area (Å²) in [6.45, 7) is 0.928. The molecule has 0 unspecified atom stereocenters. The Hall–Kier alpha value is -2.60. The first kappa shape index (κ1) is 17.8. The Morgan fingerprint density at radius 3 is 2.93 bits per heavy atom. The predicted molar refractivity (Wildman–Crippen MR) is 104 cm³/mol. The van der Waals surface area contributed by atoms with E-state index in [1.54, 1.807) is 13.3 Å². The number of hydrogen-bond acceptors (Lipinski definition) is 4. The van der Waals surface area contributed by atoms with Crippen molar-refractivity contribution in [2.75, 3.05) is 13.7 Å². The lowest BCUT2D eigenvalue weighted by Crippen LogP contribution is -2.21. The molecular weight excluding hydrogens is 340 g/mol. The minimum absolute atomic E-state index is 0.275. The van der Waals surface area contributed by atoms with Gasteiger partial charge in [-0.05, 0) is 49.4 Å². The molecule has 0 bridgehead atoms. The van der Waals surface area contributed by atoms with Gasteiger partial charge in [0.15, 0.2) is 0 Å². The second-order valence-corrected chi connectivity index (χ2v) is 7.26. The van der Waals surface area contributed by atoms with Crippen molar-refractivity contribution in [2.45, 2.75) is 38.3 Å². The lowest BCUT2D eigenvalue weighted by Gasteiger charge is -2.30. The number of benzene rings is 1. The highest BCUT2D eigenvalue weighted by Gasteiger charge is 2.24. The first-order valence-corrected chi connectivity index (χ1v) is 9.57. The van der Waals surface area contributed by atoms with E-state index in [0.29, 0.717) is 18.5 Å². The number of imidazole rings is 1. The number of hydrogen-bond donors (Lipinski definition) is 1. The van der Waals surface area contributed by atoms with Crippen molar-refractivity contribution in [1.82, 2.24) is 19.3 Å². The predicted octanol–water partition coefficient (Wildman–Crippen LogP) is 3.53. The van der Waals surface area contributed by atoms with Gasteiger partial charge in [0.1, 0.15) is 11.6 Å². The van der Waals surface area contributed by atoms with Gasteiger partial charge in [0.05, 0.1) is 13.7 Å². The molecule has 1 aromatic carbocycles. The molecule has 1 saturated carbocycles. The summed E-state index contributed by atoms with van der Waals surface area (Å²) < 4.78 is 9.71. The first-order chi connectivity index (χ1) is 13.3. The standard InChI is InChI=1S/C21H26N4O2/c1-27-20-7-6-17(13-18(20)14-24-10-3-8-23-24)21-22-9-11-25(21)19-5-2-4-16(12-19)15-26/h3,6-11,13,16,19,26H,2,4-5,12,14-15H2,1H3/t16-,19-/m1/s1. The number of nitrogens with zero attached hydrogens (tertiary/aromatic N) is 4. The van der Waals surface area contributed by atoms with Gasteiger partial charge in [-0.2, -0.15) is 5.10 Å². The van der Waals surface area contributed by atoms with Crippen LogP contribution in [0.3, 0.4) is 0 Å². The SMILES string of the molecule is COc1ccc(-c2nccn2[C@@H]2CCC[C@@H](CO)C2)cc1Cn1cccn1. The van der Waals surface area contributed by atoms with Crippen LogP contribution in [0.1, 0.15) is 37.3 Å². The zero-order valence-corrected chi connectivity index (χ0v) is 15.7. The molecule has 6 nitrogen and oxygen atoms in total. The normalized spacial score (nSPS) is 19.9. The van der Waals surface area contributed by atoms with E-state index in [1.165, 1.54) is 0 Å². The topological polar surface area (TPSA) is 65.1 Å². The Kier molecular flexibility index (Phi) is 5.25. The summed E-state index contributed by atoms with van der Waals surface area (Å²) in [6.07, 6.45) is 12.1. The zero-order chi connectivity index (χ0) is 18.6. The highest BCUT2D eigenvalue weighted by Crippen LogP contribution is 2.35. The van der Waals surface area contributed by atoms with Crippen molar-refractivity contribution >= 4 is 0 Å². The summed E-state index contributed by atoms with van der Waals surface area (Å²) in [7, 11) is 1.69. The van der Waals surface area contributed by atoms with E-state index in [9.17, 15) is 5.11 Å². The van der Waals surface area contributed by atoms with Crippen LogP contribution in [0, 0.1) is 5.92 Å². The van der Waals surface area contributed by atoms with Crippen molar-refractivity contribution in [1.29, 1.82) is 0 Å². The number of methoxy groups -OCH3 is 1. The lowest BCUT2D eigenvalue weighted by atomic mass is 9.86. The Balaban J connectivity index is 1.65. The van der Waals surface area contributed by atoms with Crippen molar-refractivity contribution in [3.05, 3.63) is 54.6 Å². The van der Waals surface area contributed by atoms with E-state index in [4.69, 9.17) is 4.74 Å². The molecule has 0 spiro atoms. The van der Waals surface area contributed by atoms with E-state index in [1.807, 2.05) is 29.2 Å². The Bertz CT molecular complexity index is 872. The molecular formula is C21H26N4O2. The van der Waals surface area contributed by atoms with Crippen molar-refractivity contribution in [3.63, 3.8) is 0 Å². The third-order valence-corrected chi connectivity index (χ3v) is 5.51. The summed E-state index contributed by atoms with van der Waals surface area (Å²) in [5.41, 5.74) is 2.15. The average Bonchev–Trinajstić information content (AvgIpc) is 3.40. The molecule has 0 aliphatic heterocycles. The van der Waals surface area contributed by atoms with Crippen LogP contribution in [0.4, 0.5) is 0 Å². The molecule has 142 valence electrons. The monoisotopic (exact) mass is 366 g/mol. The molecule has 6 heteroatoms. The quantitative estimate of drug-likeness (QED) is 0.725. The maximum Gasteiger partial charge on any atom is 0.140 e. The van der Waals surface area contributed by atoms with Crippen LogP contribution in [-0.2, 0) is 6.54 Å². The van der Waals surface area contributed by atoms with Crippen LogP contribution in [0.2, 0.25) is 0 Å². The van der Waals surface area contributed by atoms with Crippen LogP contribution < -0.4 is 4.74 Å². The third kappa shape index (κ3) is 3.76. The summed E-state index contributed by atoms with van der Waals surface area (Å²) in [5, 5.41) is 13.9. The van der Waals surface area contributed by atoms with Crippen LogP contribution in [0.15, 0.2) is 49.1 Å². The van der Waals surface area contributed by atoms with Crippen molar-refractivity contribution < 1.29 is 9.84 Å². The van der Waals surface area contributed by atoms with Gasteiger partial charge >= 0.3 is 0 Å². The van der Waals surface area contributed by atoms with Gasteiger partial charge in [-0.25, -0.2) is 4.98 Å². The zero-order valence-electron chi connectivity index (χ0n) is 15.7. The second kappa shape index (κ2) is 7.96. The van der Waals surface area contributed by atoms with E-state index < -0.39 is 0 Å². The molecule has 1 aliphatic carbocycles. The molecule has 27 heavy (non-hydrogen) atoms. The Labute approximate surface area is 159 Å². The fraction of sp³-hybridized carbons (Fsp3) is 0.429. The van der Waals surface area contributed by atoms with Crippen molar-refractivity contribution in [2.24, 2.45) is 5.92 Å². The van der Waals surface area contributed by atoms with Crippen LogP contribution in [0.25, 0.3) is 11.4 Å². The van der Waals surface area contributed by atoms with Crippen LogP contribution >= 0.6 is 0 Å². The largest absolute Gasteiger partial charge is 0.496 e. The number of ether oxygens (including phenoxy) is 1. The second-order valence-electron chi connectivity index (χ2n) is 7.26. The van der Waals surface area contributed by atoms with E-state index in [-0.39, 0.29) is 6.61 Å². The fourth-order valence-electron chi connectivity index (χ4n) is 4.12. The number of rotatable bonds is 6. The van der Waals surface area contributed by atoms with Gasteiger partial charge < -0.3 is 14.4 Å². The molecule has 3 aromatic rings. The van der Waals surface area contributed by atoms with Crippen molar-refractivity contribution in [3.8, 4) is 17.1 Å². The smallest absolute Gasteiger partial charge is 0.140 e. The number of aliphatic hydroxyl groups is 1. The van der Waals surface area contributed by atoms with Gasteiger partial charge in [-0.1, -0.05) is 6.42 Å².